The maximum absolute atomic E-state index is 11.0. The third-order valence-electron chi connectivity index (χ3n) is 2.95. The van der Waals surface area contributed by atoms with Crippen molar-refractivity contribution in [3.63, 3.8) is 0 Å². The number of nitro groups is 1. The smallest absolute Gasteiger partial charge is 0.312 e. The summed E-state index contributed by atoms with van der Waals surface area (Å²) in [5.41, 5.74) is 7.52. The molecule has 0 unspecified atom stereocenters. The molecule has 0 saturated carbocycles. The van der Waals surface area contributed by atoms with Crippen LogP contribution in [0, 0.1) is 10.1 Å². The topological polar surface area (TPSA) is 94.1 Å². The van der Waals surface area contributed by atoms with E-state index in [1.807, 2.05) is 24.3 Å². The number of rotatable bonds is 6. The fourth-order valence-electron chi connectivity index (χ4n) is 1.88. The summed E-state index contributed by atoms with van der Waals surface area (Å²) in [5.74, 6) is 0.204. The molecule has 0 saturated heterocycles. The highest BCUT2D eigenvalue weighted by Crippen LogP contribution is 2.25. The molecule has 0 atom stereocenters. The molecule has 1 aromatic heterocycles. The van der Waals surface area contributed by atoms with Gasteiger partial charge in [0, 0.05) is 18.8 Å². The molecule has 0 radical (unpaired) electrons. The largest absolute Gasteiger partial charge is 0.360 e. The Hall–Kier alpha value is -2.18. The third-order valence-corrected chi connectivity index (χ3v) is 3.15. The molecule has 7 heteroatoms. The Morgan fingerprint density at radius 1 is 1.29 bits per heavy atom. The molecule has 1 heterocycles. The van der Waals surface area contributed by atoms with Crippen LogP contribution < -0.4 is 11.1 Å². The van der Waals surface area contributed by atoms with Crippen LogP contribution in [0.25, 0.3) is 0 Å². The Morgan fingerprint density at radius 3 is 2.57 bits per heavy atom. The maximum atomic E-state index is 11.0. The number of halogens is 1. The van der Waals surface area contributed by atoms with Gasteiger partial charge in [0.05, 0.1) is 9.95 Å². The molecule has 21 heavy (non-hydrogen) atoms. The number of nitrogens with one attached hydrogen (secondary N) is 1. The Morgan fingerprint density at radius 2 is 1.95 bits per heavy atom. The van der Waals surface area contributed by atoms with E-state index >= 15 is 0 Å². The molecule has 0 aliphatic heterocycles. The molecular weight excluding hydrogens is 292 g/mol. The van der Waals surface area contributed by atoms with Crippen molar-refractivity contribution in [2.24, 2.45) is 5.73 Å². The summed E-state index contributed by atoms with van der Waals surface area (Å²) in [7, 11) is 0. The van der Waals surface area contributed by atoms with E-state index in [1.165, 1.54) is 12.3 Å². The van der Waals surface area contributed by atoms with Gasteiger partial charge in [-0.15, -0.1) is 0 Å². The highest BCUT2D eigenvalue weighted by atomic mass is 35.5. The van der Waals surface area contributed by atoms with E-state index in [1.54, 1.807) is 0 Å². The van der Waals surface area contributed by atoms with Crippen molar-refractivity contribution in [2.75, 3.05) is 11.9 Å². The minimum atomic E-state index is -0.508. The van der Waals surface area contributed by atoms with E-state index in [0.29, 0.717) is 13.1 Å². The third kappa shape index (κ3) is 4.14. The highest BCUT2D eigenvalue weighted by Gasteiger charge is 2.15. The van der Waals surface area contributed by atoms with Crippen molar-refractivity contribution in [1.82, 2.24) is 4.98 Å². The lowest BCUT2D eigenvalue weighted by Crippen LogP contribution is -2.05. The average molecular weight is 307 g/mol. The van der Waals surface area contributed by atoms with E-state index < -0.39 is 4.92 Å². The Kier molecular flexibility index (Phi) is 5.08. The standard InChI is InChI=1S/C14H15ClN4O2/c15-12-7-13(19(20)21)14(18-9-12)17-8-11-3-1-10(2-4-11)5-6-16/h1-4,7,9H,5-6,8,16H2,(H,17,18). The molecule has 110 valence electrons. The van der Waals surface area contributed by atoms with Gasteiger partial charge in [-0.05, 0) is 24.1 Å². The van der Waals surface area contributed by atoms with E-state index in [2.05, 4.69) is 10.3 Å². The molecule has 2 rings (SSSR count). The highest BCUT2D eigenvalue weighted by molar-refractivity contribution is 6.30. The summed E-state index contributed by atoms with van der Waals surface area (Å²) in [6.07, 6.45) is 2.21. The summed E-state index contributed by atoms with van der Waals surface area (Å²) in [5, 5.41) is 14.1. The van der Waals surface area contributed by atoms with Crippen molar-refractivity contribution < 1.29 is 4.92 Å². The van der Waals surface area contributed by atoms with Crippen LogP contribution in [0.3, 0.4) is 0 Å². The van der Waals surface area contributed by atoms with Crippen LogP contribution in [0.15, 0.2) is 36.5 Å². The molecular formula is C14H15ClN4O2. The van der Waals surface area contributed by atoms with E-state index in [0.717, 1.165) is 17.5 Å². The van der Waals surface area contributed by atoms with Crippen LogP contribution in [-0.2, 0) is 13.0 Å². The van der Waals surface area contributed by atoms with Gasteiger partial charge in [0.2, 0.25) is 5.82 Å². The van der Waals surface area contributed by atoms with Crippen LogP contribution in [0.5, 0.6) is 0 Å². The molecule has 0 fully saturated rings. The van der Waals surface area contributed by atoms with Gasteiger partial charge in [-0.1, -0.05) is 35.9 Å². The van der Waals surface area contributed by atoms with Crippen molar-refractivity contribution in [1.29, 1.82) is 0 Å². The Labute approximate surface area is 127 Å². The van der Waals surface area contributed by atoms with Crippen LogP contribution in [-0.4, -0.2) is 16.5 Å². The fraction of sp³-hybridized carbons (Fsp3) is 0.214. The molecule has 0 amide bonds. The number of nitrogens with zero attached hydrogens (tertiary/aromatic N) is 2. The zero-order valence-corrected chi connectivity index (χ0v) is 12.0. The first kappa shape index (κ1) is 15.2. The Balaban J connectivity index is 2.07. The monoisotopic (exact) mass is 306 g/mol. The summed E-state index contributed by atoms with van der Waals surface area (Å²) in [4.78, 5) is 14.4. The molecule has 0 aliphatic rings. The first-order chi connectivity index (χ1) is 10.1. The van der Waals surface area contributed by atoms with Gasteiger partial charge in [0.15, 0.2) is 0 Å². The minimum Gasteiger partial charge on any atom is -0.360 e. The number of aromatic nitrogens is 1. The minimum absolute atomic E-state index is 0.137. The van der Waals surface area contributed by atoms with Gasteiger partial charge in [-0.2, -0.15) is 0 Å². The maximum Gasteiger partial charge on any atom is 0.312 e. The van der Waals surface area contributed by atoms with E-state index in [-0.39, 0.29) is 16.5 Å². The molecule has 2 aromatic rings. The number of hydrogen-bond acceptors (Lipinski definition) is 5. The van der Waals surface area contributed by atoms with Gasteiger partial charge in [-0.25, -0.2) is 4.98 Å². The van der Waals surface area contributed by atoms with Gasteiger partial charge in [-0.3, -0.25) is 10.1 Å². The molecule has 0 spiro atoms. The van der Waals surface area contributed by atoms with Crippen molar-refractivity contribution in [3.8, 4) is 0 Å². The summed E-state index contributed by atoms with van der Waals surface area (Å²) < 4.78 is 0. The molecule has 1 aromatic carbocycles. The number of hydrogen-bond donors (Lipinski definition) is 2. The quantitative estimate of drug-likeness (QED) is 0.632. The number of benzene rings is 1. The molecule has 0 bridgehead atoms. The van der Waals surface area contributed by atoms with E-state index in [9.17, 15) is 10.1 Å². The second-order valence-corrected chi connectivity index (χ2v) is 4.92. The summed E-state index contributed by atoms with van der Waals surface area (Å²) >= 11 is 5.72. The fourth-order valence-corrected chi connectivity index (χ4v) is 2.03. The molecule has 6 nitrogen and oxygen atoms in total. The van der Waals surface area contributed by atoms with Crippen LogP contribution in [0.1, 0.15) is 11.1 Å². The van der Waals surface area contributed by atoms with E-state index in [4.69, 9.17) is 17.3 Å². The lowest BCUT2D eigenvalue weighted by atomic mass is 10.1. The molecule has 3 N–H and O–H groups in total. The van der Waals surface area contributed by atoms with Gasteiger partial charge < -0.3 is 11.1 Å². The normalized spacial score (nSPS) is 10.4. The van der Waals surface area contributed by atoms with Crippen LogP contribution in [0.2, 0.25) is 5.02 Å². The van der Waals surface area contributed by atoms with Gasteiger partial charge in [0.25, 0.3) is 0 Å². The first-order valence-electron chi connectivity index (χ1n) is 6.42. The lowest BCUT2D eigenvalue weighted by Gasteiger charge is -2.07. The van der Waals surface area contributed by atoms with Crippen LogP contribution >= 0.6 is 11.6 Å². The lowest BCUT2D eigenvalue weighted by molar-refractivity contribution is -0.384. The second-order valence-electron chi connectivity index (χ2n) is 4.49. The number of pyridine rings is 1. The predicted molar refractivity (Wildman–Crippen MR) is 82.4 cm³/mol. The van der Waals surface area contributed by atoms with Gasteiger partial charge >= 0.3 is 5.69 Å². The van der Waals surface area contributed by atoms with Crippen molar-refractivity contribution in [3.05, 3.63) is 62.8 Å². The zero-order valence-electron chi connectivity index (χ0n) is 11.3. The zero-order chi connectivity index (χ0) is 15.2. The van der Waals surface area contributed by atoms with Gasteiger partial charge in [0.1, 0.15) is 0 Å². The van der Waals surface area contributed by atoms with Crippen molar-refractivity contribution in [2.45, 2.75) is 13.0 Å². The molecule has 0 aliphatic carbocycles. The summed E-state index contributed by atoms with van der Waals surface area (Å²) in [6.45, 7) is 1.05. The van der Waals surface area contributed by atoms with Crippen molar-refractivity contribution >= 4 is 23.1 Å². The average Bonchev–Trinajstić information content (AvgIpc) is 2.47. The second kappa shape index (κ2) is 7.01. The number of anilines is 1. The van der Waals surface area contributed by atoms with Crippen LogP contribution in [0.4, 0.5) is 11.5 Å². The number of nitrogens with two attached hydrogens (primary N) is 1. The Bertz CT molecular complexity index is 631. The SMILES string of the molecule is NCCc1ccc(CNc2ncc(Cl)cc2[N+](=O)[O-])cc1. The first-order valence-corrected chi connectivity index (χ1v) is 6.79. The predicted octanol–water partition coefficient (Wildman–Crippen LogP) is 2.76. The summed E-state index contributed by atoms with van der Waals surface area (Å²) in [6, 6.07) is 9.18.